The summed E-state index contributed by atoms with van der Waals surface area (Å²) < 4.78 is 5.66. The Hall–Kier alpha value is -2.67. The standard InChI is InChI=1S/C27H38N2O5/c1-19(2)24-18-34-27(33)22(15-20-9-4-3-5-10-20)12-7-6-11-21(26(32)28-24)16-25(31)29-14-8-13-23(29)17-30/h3-7,9-10,19,21-24,30H,8,11-18H2,1-2H3,(H,28,32)/t21-,22+,23+,24-/m1/s1. The van der Waals surface area contributed by atoms with E-state index in [4.69, 9.17) is 4.74 Å². The van der Waals surface area contributed by atoms with Gasteiger partial charge in [0, 0.05) is 13.0 Å². The molecule has 0 radical (unpaired) electrons. The number of nitrogens with one attached hydrogen (secondary N) is 1. The van der Waals surface area contributed by atoms with Gasteiger partial charge in [-0.25, -0.2) is 0 Å². The number of aliphatic hydroxyl groups is 1. The number of hydrogen-bond acceptors (Lipinski definition) is 5. The summed E-state index contributed by atoms with van der Waals surface area (Å²) in [5.74, 6) is -1.30. The van der Waals surface area contributed by atoms with Crippen LogP contribution >= 0.6 is 0 Å². The van der Waals surface area contributed by atoms with E-state index in [2.05, 4.69) is 5.32 Å². The number of benzene rings is 1. The fraction of sp³-hybridized carbons (Fsp3) is 0.593. The van der Waals surface area contributed by atoms with E-state index in [0.29, 0.717) is 25.8 Å². The average molecular weight is 471 g/mol. The summed E-state index contributed by atoms with van der Waals surface area (Å²) >= 11 is 0. The number of likely N-dealkylation sites (tertiary alicyclic amines) is 1. The number of allylic oxidation sites excluding steroid dienone is 2. The SMILES string of the molecule is CC(C)[C@H]1COC(=O)[C@H](Cc2ccccc2)CC=CC[C@H](CC(=O)N2CCC[C@H]2CO)C(=O)N1. The molecule has 2 aliphatic heterocycles. The number of amides is 2. The Balaban J connectivity index is 1.75. The van der Waals surface area contributed by atoms with Crippen LogP contribution in [0.1, 0.15) is 51.5 Å². The summed E-state index contributed by atoms with van der Waals surface area (Å²) in [6.45, 7) is 4.63. The molecule has 2 heterocycles. The van der Waals surface area contributed by atoms with Crippen LogP contribution in [0, 0.1) is 17.8 Å². The minimum Gasteiger partial charge on any atom is -0.463 e. The zero-order valence-corrected chi connectivity index (χ0v) is 20.3. The van der Waals surface area contributed by atoms with E-state index in [1.165, 1.54) is 0 Å². The molecule has 7 nitrogen and oxygen atoms in total. The van der Waals surface area contributed by atoms with Gasteiger partial charge in [0.25, 0.3) is 0 Å². The van der Waals surface area contributed by atoms with Crippen LogP contribution in [0.15, 0.2) is 42.5 Å². The van der Waals surface area contributed by atoms with Crippen LogP contribution in [0.2, 0.25) is 0 Å². The number of ether oxygens (including phenoxy) is 1. The number of aliphatic hydroxyl groups excluding tert-OH is 1. The van der Waals surface area contributed by atoms with Gasteiger partial charge in [-0.1, -0.05) is 56.3 Å². The molecule has 4 atom stereocenters. The van der Waals surface area contributed by atoms with E-state index in [1.54, 1.807) is 4.90 Å². The van der Waals surface area contributed by atoms with E-state index in [-0.39, 0.29) is 61.3 Å². The second-order valence-electron chi connectivity index (χ2n) is 9.79. The van der Waals surface area contributed by atoms with Crippen LogP contribution in [-0.4, -0.2) is 59.6 Å². The van der Waals surface area contributed by atoms with Gasteiger partial charge in [0.1, 0.15) is 6.61 Å². The van der Waals surface area contributed by atoms with Gasteiger partial charge in [-0.05, 0) is 43.6 Å². The highest BCUT2D eigenvalue weighted by Crippen LogP contribution is 2.23. The van der Waals surface area contributed by atoms with E-state index in [0.717, 1.165) is 18.4 Å². The molecule has 1 saturated heterocycles. The Kier molecular flexibility index (Phi) is 9.69. The maximum atomic E-state index is 13.1. The van der Waals surface area contributed by atoms with Crippen LogP contribution in [-0.2, 0) is 25.5 Å². The molecule has 0 bridgehead atoms. The van der Waals surface area contributed by atoms with Crippen molar-refractivity contribution in [1.29, 1.82) is 0 Å². The maximum absolute atomic E-state index is 13.1. The third-order valence-electron chi connectivity index (χ3n) is 6.90. The number of hydrogen-bond donors (Lipinski definition) is 2. The number of cyclic esters (lactones) is 1. The van der Waals surface area contributed by atoms with Crippen molar-refractivity contribution in [3.05, 3.63) is 48.0 Å². The Morgan fingerprint density at radius 1 is 1.15 bits per heavy atom. The Labute approximate surface area is 202 Å². The lowest BCUT2D eigenvalue weighted by molar-refractivity contribution is -0.150. The predicted octanol–water partition coefficient (Wildman–Crippen LogP) is 2.87. The lowest BCUT2D eigenvalue weighted by Gasteiger charge is -2.28. The fourth-order valence-corrected chi connectivity index (χ4v) is 4.64. The first-order chi connectivity index (χ1) is 16.4. The molecule has 0 spiro atoms. The average Bonchev–Trinajstić information content (AvgIpc) is 3.31. The van der Waals surface area contributed by atoms with Gasteiger partial charge in [0.05, 0.1) is 30.5 Å². The third kappa shape index (κ3) is 7.16. The fourth-order valence-electron chi connectivity index (χ4n) is 4.64. The van der Waals surface area contributed by atoms with Crippen molar-refractivity contribution in [1.82, 2.24) is 10.2 Å². The highest BCUT2D eigenvalue weighted by molar-refractivity contribution is 5.86. The van der Waals surface area contributed by atoms with Crippen molar-refractivity contribution >= 4 is 17.8 Å². The van der Waals surface area contributed by atoms with Crippen molar-refractivity contribution in [2.45, 2.75) is 64.5 Å². The van der Waals surface area contributed by atoms with Crippen molar-refractivity contribution in [2.24, 2.45) is 17.8 Å². The van der Waals surface area contributed by atoms with Gasteiger partial charge >= 0.3 is 5.97 Å². The first kappa shape index (κ1) is 25.9. The lowest BCUT2D eigenvalue weighted by Crippen LogP contribution is -2.47. The summed E-state index contributed by atoms with van der Waals surface area (Å²) in [5.41, 5.74) is 1.08. The minimum atomic E-state index is -0.507. The van der Waals surface area contributed by atoms with Crippen molar-refractivity contribution in [2.75, 3.05) is 19.8 Å². The van der Waals surface area contributed by atoms with Gasteiger partial charge in [-0.3, -0.25) is 14.4 Å². The van der Waals surface area contributed by atoms with Crippen LogP contribution in [0.5, 0.6) is 0 Å². The molecule has 1 fully saturated rings. The number of esters is 1. The first-order valence-electron chi connectivity index (χ1n) is 12.4. The molecule has 2 amide bonds. The molecule has 0 aliphatic carbocycles. The van der Waals surface area contributed by atoms with Crippen molar-refractivity contribution in [3.63, 3.8) is 0 Å². The normalized spacial score (nSPS) is 26.5. The Morgan fingerprint density at radius 3 is 2.53 bits per heavy atom. The molecule has 0 unspecified atom stereocenters. The molecule has 3 rings (SSSR count). The van der Waals surface area contributed by atoms with Crippen LogP contribution < -0.4 is 5.32 Å². The summed E-state index contributed by atoms with van der Waals surface area (Å²) in [4.78, 5) is 40.7. The second-order valence-corrected chi connectivity index (χ2v) is 9.79. The number of carbonyl (C=O) groups is 3. The molecular weight excluding hydrogens is 432 g/mol. The highest BCUT2D eigenvalue weighted by atomic mass is 16.5. The molecule has 186 valence electrons. The van der Waals surface area contributed by atoms with Crippen molar-refractivity contribution in [3.8, 4) is 0 Å². The summed E-state index contributed by atoms with van der Waals surface area (Å²) in [6, 6.07) is 9.39. The number of nitrogens with zero attached hydrogens (tertiary/aromatic N) is 1. The Morgan fingerprint density at radius 2 is 1.85 bits per heavy atom. The topological polar surface area (TPSA) is 95.9 Å². The van der Waals surface area contributed by atoms with Crippen molar-refractivity contribution < 1.29 is 24.2 Å². The minimum absolute atomic E-state index is 0.0495. The predicted molar refractivity (Wildman–Crippen MR) is 130 cm³/mol. The first-order valence-corrected chi connectivity index (χ1v) is 12.4. The maximum Gasteiger partial charge on any atom is 0.309 e. The molecule has 0 aromatic heterocycles. The number of rotatable bonds is 6. The van der Waals surface area contributed by atoms with Crippen LogP contribution in [0.4, 0.5) is 0 Å². The van der Waals surface area contributed by atoms with Gasteiger partial charge in [0.15, 0.2) is 0 Å². The lowest BCUT2D eigenvalue weighted by atomic mass is 9.93. The molecule has 7 heteroatoms. The third-order valence-corrected chi connectivity index (χ3v) is 6.90. The van der Waals surface area contributed by atoms with Gasteiger partial charge in [-0.2, -0.15) is 0 Å². The largest absolute Gasteiger partial charge is 0.463 e. The van der Waals surface area contributed by atoms with E-state index in [1.807, 2.05) is 56.3 Å². The van der Waals surface area contributed by atoms with Gasteiger partial charge < -0.3 is 20.1 Å². The zero-order chi connectivity index (χ0) is 24.5. The molecule has 2 N–H and O–H groups in total. The van der Waals surface area contributed by atoms with E-state index in [9.17, 15) is 19.5 Å². The highest BCUT2D eigenvalue weighted by Gasteiger charge is 2.32. The van der Waals surface area contributed by atoms with Crippen LogP contribution in [0.25, 0.3) is 0 Å². The van der Waals surface area contributed by atoms with E-state index < -0.39 is 5.92 Å². The van der Waals surface area contributed by atoms with E-state index >= 15 is 0 Å². The van der Waals surface area contributed by atoms with Gasteiger partial charge in [0.2, 0.25) is 11.8 Å². The quantitative estimate of drug-likeness (QED) is 0.492. The second kappa shape index (κ2) is 12.7. The molecule has 34 heavy (non-hydrogen) atoms. The molecule has 1 aromatic carbocycles. The Bertz CT molecular complexity index is 854. The van der Waals surface area contributed by atoms with Gasteiger partial charge in [-0.15, -0.1) is 0 Å². The summed E-state index contributed by atoms with van der Waals surface area (Å²) in [5, 5.41) is 12.6. The summed E-state index contributed by atoms with van der Waals surface area (Å²) in [6.07, 6.45) is 7.12. The molecule has 0 saturated carbocycles. The number of carbonyl (C=O) groups excluding carboxylic acids is 3. The smallest absolute Gasteiger partial charge is 0.309 e. The summed E-state index contributed by atoms with van der Waals surface area (Å²) in [7, 11) is 0. The van der Waals surface area contributed by atoms with Crippen LogP contribution in [0.3, 0.4) is 0 Å². The zero-order valence-electron chi connectivity index (χ0n) is 20.3. The molecule has 1 aromatic rings. The molecular formula is C27H38N2O5. The molecule has 2 aliphatic rings. The monoisotopic (exact) mass is 470 g/mol.